The summed E-state index contributed by atoms with van der Waals surface area (Å²) in [5.41, 5.74) is 0.526. The van der Waals surface area contributed by atoms with Crippen molar-refractivity contribution in [2.45, 2.75) is 6.04 Å². The number of benzene rings is 1. The summed E-state index contributed by atoms with van der Waals surface area (Å²) in [6.07, 6.45) is 0. The molecule has 1 atom stereocenters. The number of carbonyl (C=O) groups excluding carboxylic acids is 1. The third-order valence-electron chi connectivity index (χ3n) is 2.89. The minimum Gasteiger partial charge on any atom is -0.295 e. The topological polar surface area (TPSA) is 20.3 Å². The second-order valence-corrected chi connectivity index (χ2v) is 6.05. The largest absolute Gasteiger partial charge is 0.295 e. The van der Waals surface area contributed by atoms with Gasteiger partial charge in [-0.25, -0.2) is 0 Å². The summed E-state index contributed by atoms with van der Waals surface area (Å²) >= 11 is 13.8. The van der Waals surface area contributed by atoms with Gasteiger partial charge >= 0.3 is 0 Å². The second kappa shape index (κ2) is 5.61. The molecule has 1 unspecified atom stereocenters. The van der Waals surface area contributed by atoms with Gasteiger partial charge in [0.15, 0.2) is 5.78 Å². The van der Waals surface area contributed by atoms with Crippen molar-refractivity contribution in [2.24, 2.45) is 0 Å². The predicted molar refractivity (Wildman–Crippen MR) is 74.5 cm³/mol. The van der Waals surface area contributed by atoms with E-state index in [4.69, 9.17) is 23.2 Å². The number of ketones is 1. The molecule has 5 heteroatoms. The highest BCUT2D eigenvalue weighted by atomic mass is 35.5. The Hall–Kier alpha value is -0.220. The average Bonchev–Trinajstić information content (AvgIpc) is 2.32. The van der Waals surface area contributed by atoms with E-state index in [1.54, 1.807) is 30.0 Å². The molecule has 2 nitrogen and oxygen atoms in total. The summed E-state index contributed by atoms with van der Waals surface area (Å²) in [4.78, 5) is 14.5. The number of Topliss-reactive ketones (excluding diaryl/α,β-unsaturated/α-hetero) is 1. The van der Waals surface area contributed by atoms with Crippen LogP contribution in [-0.4, -0.2) is 41.8 Å². The van der Waals surface area contributed by atoms with Crippen molar-refractivity contribution in [3.63, 3.8) is 0 Å². The molecule has 0 bridgehead atoms. The summed E-state index contributed by atoms with van der Waals surface area (Å²) in [5.74, 6) is 1.95. The first-order valence-electron chi connectivity index (χ1n) is 5.37. The molecule has 0 amide bonds. The predicted octanol–water partition coefficient (Wildman–Crippen LogP) is 3.22. The molecule has 1 aromatic carbocycles. The Kier molecular flexibility index (Phi) is 4.36. The SMILES string of the molecule is CN1CCSCC1C(=O)c1cc(Cl)ccc1Cl. The monoisotopic (exact) mass is 289 g/mol. The smallest absolute Gasteiger partial charge is 0.182 e. The van der Waals surface area contributed by atoms with Crippen molar-refractivity contribution >= 4 is 40.7 Å². The van der Waals surface area contributed by atoms with E-state index in [-0.39, 0.29) is 11.8 Å². The van der Waals surface area contributed by atoms with Crippen LogP contribution in [0, 0.1) is 0 Å². The highest BCUT2D eigenvalue weighted by Crippen LogP contribution is 2.25. The molecule has 1 fully saturated rings. The molecule has 0 radical (unpaired) electrons. The van der Waals surface area contributed by atoms with Gasteiger partial charge in [-0.15, -0.1) is 0 Å². The van der Waals surface area contributed by atoms with E-state index < -0.39 is 0 Å². The molecule has 0 aromatic heterocycles. The molecule has 0 N–H and O–H groups in total. The number of nitrogens with zero attached hydrogens (tertiary/aromatic N) is 1. The Morgan fingerprint density at radius 1 is 1.47 bits per heavy atom. The number of hydrogen-bond acceptors (Lipinski definition) is 3. The van der Waals surface area contributed by atoms with Gasteiger partial charge in [0.05, 0.1) is 11.1 Å². The Labute approximate surface area is 115 Å². The van der Waals surface area contributed by atoms with E-state index in [1.807, 2.05) is 7.05 Å². The first-order valence-corrected chi connectivity index (χ1v) is 7.28. The zero-order valence-electron chi connectivity index (χ0n) is 9.45. The van der Waals surface area contributed by atoms with Crippen LogP contribution in [0.15, 0.2) is 18.2 Å². The van der Waals surface area contributed by atoms with E-state index in [0.717, 1.165) is 18.1 Å². The summed E-state index contributed by atoms with van der Waals surface area (Å²) in [7, 11) is 1.97. The Morgan fingerprint density at radius 3 is 2.94 bits per heavy atom. The van der Waals surface area contributed by atoms with Gasteiger partial charge in [0, 0.05) is 28.6 Å². The summed E-state index contributed by atoms with van der Waals surface area (Å²) < 4.78 is 0. The minimum absolute atomic E-state index is 0.0622. The average molecular weight is 290 g/mol. The fourth-order valence-corrected chi connectivity index (χ4v) is 3.42. The molecular formula is C12H13Cl2NOS. The van der Waals surface area contributed by atoms with Gasteiger partial charge in [-0.3, -0.25) is 9.69 Å². The van der Waals surface area contributed by atoms with Crippen molar-refractivity contribution in [2.75, 3.05) is 25.1 Å². The molecule has 2 rings (SSSR count). The van der Waals surface area contributed by atoms with Gasteiger partial charge in [0.25, 0.3) is 0 Å². The number of thioether (sulfide) groups is 1. The maximum atomic E-state index is 12.4. The Balaban J connectivity index is 2.26. The molecule has 17 heavy (non-hydrogen) atoms. The van der Waals surface area contributed by atoms with Crippen LogP contribution in [0.4, 0.5) is 0 Å². The lowest BCUT2D eigenvalue weighted by Crippen LogP contribution is -2.44. The van der Waals surface area contributed by atoms with Crippen LogP contribution in [0.5, 0.6) is 0 Å². The van der Waals surface area contributed by atoms with E-state index in [0.29, 0.717) is 15.6 Å². The number of halogens is 2. The second-order valence-electron chi connectivity index (χ2n) is 4.06. The number of carbonyl (C=O) groups is 1. The fraction of sp³-hybridized carbons (Fsp3) is 0.417. The van der Waals surface area contributed by atoms with E-state index in [9.17, 15) is 4.79 Å². The third kappa shape index (κ3) is 2.97. The van der Waals surface area contributed by atoms with Gasteiger partial charge in [-0.05, 0) is 25.2 Å². The lowest BCUT2D eigenvalue weighted by Gasteiger charge is -2.31. The zero-order chi connectivity index (χ0) is 12.4. The van der Waals surface area contributed by atoms with Gasteiger partial charge in [0.2, 0.25) is 0 Å². The minimum atomic E-state index is -0.0929. The summed E-state index contributed by atoms with van der Waals surface area (Å²) in [5, 5.41) is 1.02. The highest BCUT2D eigenvalue weighted by Gasteiger charge is 2.28. The normalized spacial score (nSPS) is 21.5. The molecule has 1 heterocycles. The van der Waals surface area contributed by atoms with Crippen molar-refractivity contribution in [1.29, 1.82) is 0 Å². The molecule has 0 aliphatic carbocycles. The molecule has 92 valence electrons. The van der Waals surface area contributed by atoms with Crippen molar-refractivity contribution in [1.82, 2.24) is 4.90 Å². The van der Waals surface area contributed by atoms with Crippen molar-refractivity contribution in [3.8, 4) is 0 Å². The standard InChI is InChI=1S/C12H13Cl2NOS/c1-15-4-5-17-7-11(15)12(16)9-6-8(13)2-3-10(9)14/h2-3,6,11H,4-5,7H2,1H3. The van der Waals surface area contributed by atoms with Crippen LogP contribution in [0.2, 0.25) is 10.0 Å². The van der Waals surface area contributed by atoms with Crippen LogP contribution in [0.1, 0.15) is 10.4 Å². The molecule has 0 saturated carbocycles. The van der Waals surface area contributed by atoms with E-state index in [1.165, 1.54) is 0 Å². The third-order valence-corrected chi connectivity index (χ3v) is 4.48. The Morgan fingerprint density at radius 2 is 2.24 bits per heavy atom. The molecule has 1 aliphatic heterocycles. The molecule has 1 aromatic rings. The van der Waals surface area contributed by atoms with Crippen LogP contribution < -0.4 is 0 Å². The van der Waals surface area contributed by atoms with Gasteiger partial charge in [0.1, 0.15) is 0 Å². The van der Waals surface area contributed by atoms with Crippen LogP contribution in [0.3, 0.4) is 0 Å². The lowest BCUT2D eigenvalue weighted by molar-refractivity contribution is 0.0874. The Bertz CT molecular complexity index is 439. The van der Waals surface area contributed by atoms with Crippen molar-refractivity contribution in [3.05, 3.63) is 33.8 Å². The highest BCUT2D eigenvalue weighted by molar-refractivity contribution is 7.99. The molecule has 1 saturated heterocycles. The van der Waals surface area contributed by atoms with E-state index >= 15 is 0 Å². The molecule has 1 aliphatic rings. The van der Waals surface area contributed by atoms with Gasteiger partial charge < -0.3 is 0 Å². The fourth-order valence-electron chi connectivity index (χ4n) is 1.83. The number of likely N-dealkylation sites (N-methyl/N-ethyl adjacent to an activating group) is 1. The van der Waals surface area contributed by atoms with Crippen LogP contribution >= 0.6 is 35.0 Å². The lowest BCUT2D eigenvalue weighted by atomic mass is 10.0. The van der Waals surface area contributed by atoms with Gasteiger partial charge in [-0.2, -0.15) is 11.8 Å². The maximum Gasteiger partial charge on any atom is 0.182 e. The number of hydrogen-bond donors (Lipinski definition) is 0. The first-order chi connectivity index (χ1) is 8.09. The van der Waals surface area contributed by atoms with Crippen molar-refractivity contribution < 1.29 is 4.79 Å². The maximum absolute atomic E-state index is 12.4. The van der Waals surface area contributed by atoms with Crippen LogP contribution in [-0.2, 0) is 0 Å². The summed E-state index contributed by atoms with van der Waals surface area (Å²) in [6, 6.07) is 4.93. The zero-order valence-corrected chi connectivity index (χ0v) is 11.8. The molecule has 0 spiro atoms. The quantitative estimate of drug-likeness (QED) is 0.780. The van der Waals surface area contributed by atoms with Gasteiger partial charge in [-0.1, -0.05) is 23.2 Å². The van der Waals surface area contributed by atoms with Crippen LogP contribution in [0.25, 0.3) is 0 Å². The van der Waals surface area contributed by atoms with E-state index in [2.05, 4.69) is 4.90 Å². The first kappa shape index (κ1) is 13.2. The molecular weight excluding hydrogens is 277 g/mol. The number of rotatable bonds is 2. The summed E-state index contributed by atoms with van der Waals surface area (Å²) in [6.45, 7) is 0.930.